The van der Waals surface area contributed by atoms with Crippen LogP contribution in [0, 0.1) is 5.92 Å². The summed E-state index contributed by atoms with van der Waals surface area (Å²) in [6, 6.07) is 0. The van der Waals surface area contributed by atoms with Crippen LogP contribution < -0.4 is 5.32 Å². The summed E-state index contributed by atoms with van der Waals surface area (Å²) in [7, 11) is 0. The lowest BCUT2D eigenvalue weighted by Crippen LogP contribution is -2.25. The molecule has 0 saturated heterocycles. The fourth-order valence-electron chi connectivity index (χ4n) is 2.61. The van der Waals surface area contributed by atoms with Crippen LogP contribution in [0.2, 0.25) is 0 Å². The quantitative estimate of drug-likeness (QED) is 0.457. The van der Waals surface area contributed by atoms with Crippen LogP contribution in [0.15, 0.2) is 9.63 Å². The number of carbonyl (C=O) groups excluding carboxylic acids is 1. The Balaban J connectivity index is 1.89. The van der Waals surface area contributed by atoms with Gasteiger partial charge in [-0.15, -0.1) is 10.2 Å². The lowest BCUT2D eigenvalue weighted by molar-refractivity contribution is 0.0947. The van der Waals surface area contributed by atoms with E-state index in [4.69, 9.17) is 0 Å². The van der Waals surface area contributed by atoms with E-state index in [0.717, 1.165) is 40.5 Å². The predicted molar refractivity (Wildman–Crippen MR) is 108 cm³/mol. The first-order chi connectivity index (χ1) is 12.3. The van der Waals surface area contributed by atoms with Gasteiger partial charge in [-0.2, -0.15) is 5.10 Å². The molecular formula is C17H27BrN6OS. The molecular weight excluding hydrogens is 416 g/mol. The van der Waals surface area contributed by atoms with Gasteiger partial charge < -0.3 is 9.88 Å². The fraction of sp³-hybridized carbons (Fsp3) is 0.647. The Morgan fingerprint density at radius 2 is 2.04 bits per heavy atom. The third-order valence-electron chi connectivity index (χ3n) is 3.91. The Labute approximate surface area is 167 Å². The average molecular weight is 443 g/mol. The summed E-state index contributed by atoms with van der Waals surface area (Å²) in [5.74, 6) is 1.60. The van der Waals surface area contributed by atoms with E-state index in [1.165, 1.54) is 0 Å². The van der Waals surface area contributed by atoms with Gasteiger partial charge in [0.15, 0.2) is 10.9 Å². The zero-order chi connectivity index (χ0) is 19.3. The van der Waals surface area contributed by atoms with E-state index in [1.807, 2.05) is 6.26 Å². The Hall–Kier alpha value is -1.35. The molecule has 7 nitrogen and oxygen atoms in total. The van der Waals surface area contributed by atoms with Crippen molar-refractivity contribution in [1.82, 2.24) is 30.3 Å². The summed E-state index contributed by atoms with van der Waals surface area (Å²) >= 11 is 5.07. The molecule has 0 bridgehead atoms. The standard InChI is InChI=1S/C17H27BrN6OS/c1-10(2)9-24-12(20-23-17(24)26-5)7-6-8-19-16(25)15-13(18)14(11(3)4)21-22-15/h10-11H,6-9H2,1-5H3,(H,19,25)(H,21,22). The molecule has 0 aliphatic heterocycles. The van der Waals surface area contributed by atoms with Gasteiger partial charge in [-0.1, -0.05) is 39.5 Å². The molecule has 0 radical (unpaired) electrons. The molecule has 2 heterocycles. The van der Waals surface area contributed by atoms with Crippen molar-refractivity contribution >= 4 is 33.6 Å². The van der Waals surface area contributed by atoms with Crippen molar-refractivity contribution in [3.63, 3.8) is 0 Å². The van der Waals surface area contributed by atoms with Crippen LogP contribution >= 0.6 is 27.7 Å². The molecule has 1 amide bonds. The highest BCUT2D eigenvalue weighted by molar-refractivity contribution is 9.10. The Morgan fingerprint density at radius 3 is 2.62 bits per heavy atom. The number of amides is 1. The molecule has 2 aromatic rings. The molecule has 0 aromatic carbocycles. The maximum Gasteiger partial charge on any atom is 0.272 e. The van der Waals surface area contributed by atoms with Crippen molar-refractivity contribution in [3.05, 3.63) is 21.7 Å². The predicted octanol–water partition coefficient (Wildman–Crippen LogP) is 3.63. The molecule has 0 unspecified atom stereocenters. The van der Waals surface area contributed by atoms with E-state index < -0.39 is 0 Å². The van der Waals surface area contributed by atoms with E-state index in [1.54, 1.807) is 11.8 Å². The molecule has 0 fully saturated rings. The first-order valence-corrected chi connectivity index (χ1v) is 10.8. The SMILES string of the molecule is CSc1nnc(CCCNC(=O)c2n[nH]c(C(C)C)c2Br)n1CC(C)C. The summed E-state index contributed by atoms with van der Waals surface area (Å²) in [6.07, 6.45) is 3.59. The number of aryl methyl sites for hydroxylation is 1. The topological polar surface area (TPSA) is 88.5 Å². The first kappa shape index (κ1) is 21.0. The molecule has 0 spiro atoms. The molecule has 0 aliphatic rings. The highest BCUT2D eigenvalue weighted by atomic mass is 79.9. The van der Waals surface area contributed by atoms with Crippen LogP contribution in [-0.4, -0.2) is 43.7 Å². The number of nitrogens with zero attached hydrogens (tertiary/aromatic N) is 4. The summed E-state index contributed by atoms with van der Waals surface area (Å²) in [5, 5.41) is 19.5. The Kier molecular flexibility index (Phi) is 7.69. The molecule has 0 atom stereocenters. The van der Waals surface area contributed by atoms with Crippen LogP contribution in [0.5, 0.6) is 0 Å². The van der Waals surface area contributed by atoms with E-state index in [9.17, 15) is 4.79 Å². The number of carbonyl (C=O) groups is 1. The van der Waals surface area contributed by atoms with Gasteiger partial charge in [0.25, 0.3) is 5.91 Å². The number of halogens is 1. The second-order valence-electron chi connectivity index (χ2n) is 6.92. The molecule has 2 aromatic heterocycles. The molecule has 144 valence electrons. The van der Waals surface area contributed by atoms with Crippen molar-refractivity contribution in [2.75, 3.05) is 12.8 Å². The monoisotopic (exact) mass is 442 g/mol. The number of nitrogens with one attached hydrogen (secondary N) is 2. The van der Waals surface area contributed by atoms with Crippen LogP contribution in [0.25, 0.3) is 0 Å². The van der Waals surface area contributed by atoms with Gasteiger partial charge in [0, 0.05) is 19.5 Å². The third-order valence-corrected chi connectivity index (χ3v) is 5.38. The average Bonchev–Trinajstić information content (AvgIpc) is 3.14. The summed E-state index contributed by atoms with van der Waals surface area (Å²) in [4.78, 5) is 12.3. The minimum atomic E-state index is -0.173. The molecule has 0 saturated carbocycles. The van der Waals surface area contributed by atoms with Gasteiger partial charge in [0.2, 0.25) is 0 Å². The zero-order valence-electron chi connectivity index (χ0n) is 16.0. The van der Waals surface area contributed by atoms with Crippen molar-refractivity contribution in [2.24, 2.45) is 5.92 Å². The van der Waals surface area contributed by atoms with Crippen molar-refractivity contribution in [3.8, 4) is 0 Å². The maximum atomic E-state index is 12.3. The van der Waals surface area contributed by atoms with Crippen molar-refractivity contribution in [1.29, 1.82) is 0 Å². The minimum Gasteiger partial charge on any atom is -0.351 e. The lowest BCUT2D eigenvalue weighted by atomic mass is 10.1. The number of H-pyrrole nitrogens is 1. The Morgan fingerprint density at radius 1 is 1.31 bits per heavy atom. The molecule has 26 heavy (non-hydrogen) atoms. The van der Waals surface area contributed by atoms with Crippen LogP contribution in [0.1, 0.15) is 62.0 Å². The van der Waals surface area contributed by atoms with Gasteiger partial charge in [-0.25, -0.2) is 0 Å². The number of aromatic amines is 1. The normalized spacial score (nSPS) is 11.5. The highest BCUT2D eigenvalue weighted by Gasteiger charge is 2.19. The van der Waals surface area contributed by atoms with Crippen molar-refractivity contribution < 1.29 is 4.79 Å². The van der Waals surface area contributed by atoms with Crippen LogP contribution in [-0.2, 0) is 13.0 Å². The summed E-state index contributed by atoms with van der Waals surface area (Å²) < 4.78 is 2.92. The van der Waals surface area contributed by atoms with E-state index in [0.29, 0.717) is 18.2 Å². The van der Waals surface area contributed by atoms with E-state index >= 15 is 0 Å². The Bertz CT molecular complexity index is 740. The van der Waals surface area contributed by atoms with Gasteiger partial charge in [0.1, 0.15) is 5.82 Å². The molecule has 2 rings (SSSR count). The summed E-state index contributed by atoms with van der Waals surface area (Å²) in [5.41, 5.74) is 1.34. The third kappa shape index (κ3) is 5.09. The van der Waals surface area contributed by atoms with Crippen LogP contribution in [0.3, 0.4) is 0 Å². The van der Waals surface area contributed by atoms with Crippen LogP contribution in [0.4, 0.5) is 0 Å². The first-order valence-electron chi connectivity index (χ1n) is 8.83. The lowest BCUT2D eigenvalue weighted by Gasteiger charge is -2.11. The maximum absolute atomic E-state index is 12.3. The largest absolute Gasteiger partial charge is 0.351 e. The van der Waals surface area contributed by atoms with Crippen molar-refractivity contribution in [2.45, 2.75) is 58.2 Å². The molecule has 2 N–H and O–H groups in total. The number of aromatic nitrogens is 5. The second kappa shape index (κ2) is 9.55. The number of hydrogen-bond acceptors (Lipinski definition) is 5. The van der Waals surface area contributed by atoms with Gasteiger partial charge in [-0.05, 0) is 40.4 Å². The minimum absolute atomic E-state index is 0.173. The summed E-state index contributed by atoms with van der Waals surface area (Å²) in [6.45, 7) is 9.94. The van der Waals surface area contributed by atoms with E-state index in [-0.39, 0.29) is 11.8 Å². The van der Waals surface area contributed by atoms with Gasteiger partial charge >= 0.3 is 0 Å². The smallest absolute Gasteiger partial charge is 0.272 e. The fourth-order valence-corrected chi connectivity index (χ4v) is 3.95. The number of rotatable bonds is 9. The number of thioether (sulfide) groups is 1. The number of hydrogen-bond donors (Lipinski definition) is 2. The highest BCUT2D eigenvalue weighted by Crippen LogP contribution is 2.25. The van der Waals surface area contributed by atoms with E-state index in [2.05, 4.69) is 73.9 Å². The van der Waals surface area contributed by atoms with Gasteiger partial charge in [-0.3, -0.25) is 9.89 Å². The second-order valence-corrected chi connectivity index (χ2v) is 8.49. The zero-order valence-corrected chi connectivity index (χ0v) is 18.4. The molecule has 0 aliphatic carbocycles. The van der Waals surface area contributed by atoms with Gasteiger partial charge in [0.05, 0.1) is 10.2 Å². The molecule has 9 heteroatoms.